The Morgan fingerprint density at radius 3 is 2.15 bits per heavy atom. The molecule has 0 heterocycles. The van der Waals surface area contributed by atoms with Crippen molar-refractivity contribution in [2.75, 3.05) is 11.9 Å². The predicted octanol–water partition coefficient (Wildman–Crippen LogP) is 8.59. The topological polar surface area (TPSA) is 39.7 Å². The highest BCUT2D eigenvalue weighted by molar-refractivity contribution is 9.10. The van der Waals surface area contributed by atoms with Crippen molar-refractivity contribution >= 4 is 37.5 Å². The lowest BCUT2D eigenvalue weighted by Gasteiger charge is -2.16. The minimum absolute atomic E-state index is 0.459. The molecular formula is C28H25Br2NO3. The number of halogens is 2. The third-order valence-electron chi connectivity index (χ3n) is 5.00. The van der Waals surface area contributed by atoms with Gasteiger partial charge in [0.1, 0.15) is 18.1 Å². The molecule has 0 amide bonds. The summed E-state index contributed by atoms with van der Waals surface area (Å²) in [5.74, 6) is 3.04. The van der Waals surface area contributed by atoms with Crippen LogP contribution in [0.15, 0.2) is 99.9 Å². The highest BCUT2D eigenvalue weighted by atomic mass is 79.9. The minimum atomic E-state index is 0.459. The molecule has 0 unspecified atom stereocenters. The van der Waals surface area contributed by atoms with Crippen molar-refractivity contribution in [2.24, 2.45) is 0 Å². The number of ether oxygens (including phenoxy) is 3. The van der Waals surface area contributed by atoms with Crippen LogP contribution >= 0.6 is 31.9 Å². The monoisotopic (exact) mass is 581 g/mol. The van der Waals surface area contributed by atoms with Crippen LogP contribution in [0.25, 0.3) is 0 Å². The minimum Gasteiger partial charge on any atom is -0.490 e. The Morgan fingerprint density at radius 1 is 0.735 bits per heavy atom. The van der Waals surface area contributed by atoms with E-state index in [1.807, 2.05) is 91.9 Å². The molecule has 0 aromatic heterocycles. The first-order chi connectivity index (χ1) is 16.6. The van der Waals surface area contributed by atoms with E-state index in [1.54, 1.807) is 0 Å². The van der Waals surface area contributed by atoms with Crippen LogP contribution in [0.3, 0.4) is 0 Å². The fourth-order valence-electron chi connectivity index (χ4n) is 3.33. The molecule has 174 valence electrons. The van der Waals surface area contributed by atoms with Crippen LogP contribution in [0, 0.1) is 0 Å². The highest BCUT2D eigenvalue weighted by Gasteiger charge is 2.13. The molecule has 1 N–H and O–H groups in total. The fourth-order valence-corrected chi connectivity index (χ4v) is 4.20. The third kappa shape index (κ3) is 6.78. The molecule has 0 spiro atoms. The lowest BCUT2D eigenvalue weighted by molar-refractivity contribution is 0.267. The smallest absolute Gasteiger partial charge is 0.175 e. The molecule has 0 saturated carbocycles. The Hall–Kier alpha value is -2.96. The zero-order valence-corrected chi connectivity index (χ0v) is 21.9. The second-order valence-electron chi connectivity index (χ2n) is 7.55. The molecule has 4 rings (SSSR count). The standard InChI is InChI=1S/C28H25Br2NO3/c1-2-32-27-17-21(16-26(30)28(27)33-19-20-8-10-22(29)11-9-20)18-31-23-12-14-25(15-13-23)34-24-6-4-3-5-7-24/h3-17,31H,2,18-19H2,1H3. The normalized spacial score (nSPS) is 10.6. The van der Waals surface area contributed by atoms with E-state index in [0.717, 1.165) is 43.0 Å². The molecule has 0 bridgehead atoms. The van der Waals surface area contributed by atoms with E-state index in [0.29, 0.717) is 25.5 Å². The molecule has 0 radical (unpaired) electrons. The van der Waals surface area contributed by atoms with Crippen molar-refractivity contribution < 1.29 is 14.2 Å². The van der Waals surface area contributed by atoms with E-state index >= 15 is 0 Å². The zero-order chi connectivity index (χ0) is 23.8. The number of hydrogen-bond acceptors (Lipinski definition) is 4. The van der Waals surface area contributed by atoms with Gasteiger partial charge in [-0.1, -0.05) is 46.3 Å². The average Bonchev–Trinajstić information content (AvgIpc) is 2.85. The molecule has 0 aliphatic carbocycles. The maximum atomic E-state index is 6.10. The first-order valence-corrected chi connectivity index (χ1v) is 12.6. The molecule has 0 aliphatic heterocycles. The molecule has 34 heavy (non-hydrogen) atoms. The van der Waals surface area contributed by atoms with Crippen molar-refractivity contribution in [1.82, 2.24) is 0 Å². The van der Waals surface area contributed by atoms with E-state index in [2.05, 4.69) is 43.2 Å². The van der Waals surface area contributed by atoms with Crippen LogP contribution in [0.4, 0.5) is 5.69 Å². The van der Waals surface area contributed by atoms with Crippen molar-refractivity contribution in [1.29, 1.82) is 0 Å². The molecule has 0 saturated heterocycles. The van der Waals surface area contributed by atoms with Crippen molar-refractivity contribution in [3.8, 4) is 23.0 Å². The quantitative estimate of drug-likeness (QED) is 0.203. The molecule has 4 aromatic carbocycles. The fraction of sp³-hybridized carbons (Fsp3) is 0.143. The summed E-state index contributed by atoms with van der Waals surface area (Å²) in [4.78, 5) is 0. The molecule has 0 fully saturated rings. The summed E-state index contributed by atoms with van der Waals surface area (Å²) in [6.07, 6.45) is 0. The van der Waals surface area contributed by atoms with Gasteiger partial charge in [-0.25, -0.2) is 0 Å². The first-order valence-electron chi connectivity index (χ1n) is 11.0. The largest absolute Gasteiger partial charge is 0.490 e. The zero-order valence-electron chi connectivity index (χ0n) is 18.8. The summed E-state index contributed by atoms with van der Waals surface area (Å²) in [6, 6.07) is 29.8. The van der Waals surface area contributed by atoms with Gasteiger partial charge in [-0.2, -0.15) is 0 Å². The Balaban J connectivity index is 1.40. The second-order valence-corrected chi connectivity index (χ2v) is 9.32. The van der Waals surface area contributed by atoms with Crippen LogP contribution < -0.4 is 19.5 Å². The van der Waals surface area contributed by atoms with Crippen molar-refractivity contribution in [3.05, 3.63) is 111 Å². The summed E-state index contributed by atoms with van der Waals surface area (Å²) in [5.41, 5.74) is 3.17. The van der Waals surface area contributed by atoms with Crippen molar-refractivity contribution in [2.45, 2.75) is 20.1 Å². The summed E-state index contributed by atoms with van der Waals surface area (Å²) in [5, 5.41) is 3.45. The number of benzene rings is 4. The highest BCUT2D eigenvalue weighted by Crippen LogP contribution is 2.38. The summed E-state index contributed by atoms with van der Waals surface area (Å²) in [6.45, 7) is 3.63. The molecular weight excluding hydrogens is 558 g/mol. The van der Waals surface area contributed by atoms with Crippen LogP contribution in [0.1, 0.15) is 18.1 Å². The molecule has 4 aromatic rings. The van der Waals surface area contributed by atoms with Gasteiger partial charge in [0.2, 0.25) is 0 Å². The van der Waals surface area contributed by atoms with Gasteiger partial charge in [-0.15, -0.1) is 0 Å². The van der Waals surface area contributed by atoms with Gasteiger partial charge in [0.25, 0.3) is 0 Å². The van der Waals surface area contributed by atoms with E-state index < -0.39 is 0 Å². The van der Waals surface area contributed by atoms with Gasteiger partial charge in [-0.05, 0) is 94.6 Å². The number of nitrogens with one attached hydrogen (secondary N) is 1. The number of para-hydroxylation sites is 1. The van der Waals surface area contributed by atoms with Gasteiger partial charge in [0.15, 0.2) is 11.5 Å². The number of hydrogen-bond donors (Lipinski definition) is 1. The Labute approximate surface area is 217 Å². The maximum Gasteiger partial charge on any atom is 0.175 e. The lowest BCUT2D eigenvalue weighted by Crippen LogP contribution is -2.04. The number of rotatable bonds is 10. The summed E-state index contributed by atoms with van der Waals surface area (Å²) >= 11 is 7.12. The Kier molecular flexibility index (Phi) is 8.50. The molecule has 6 heteroatoms. The van der Waals surface area contributed by atoms with E-state index in [1.165, 1.54) is 0 Å². The van der Waals surface area contributed by atoms with Crippen LogP contribution in [-0.4, -0.2) is 6.61 Å². The Morgan fingerprint density at radius 2 is 1.44 bits per heavy atom. The van der Waals surface area contributed by atoms with E-state index in [4.69, 9.17) is 14.2 Å². The van der Waals surface area contributed by atoms with Gasteiger partial charge in [-0.3, -0.25) is 0 Å². The molecule has 4 nitrogen and oxygen atoms in total. The molecule has 0 atom stereocenters. The van der Waals surface area contributed by atoms with Crippen molar-refractivity contribution in [3.63, 3.8) is 0 Å². The molecule has 0 aliphatic rings. The van der Waals surface area contributed by atoms with Crippen LogP contribution in [0.5, 0.6) is 23.0 Å². The second kappa shape index (κ2) is 12.0. The Bertz CT molecular complexity index is 1200. The first kappa shape index (κ1) is 24.2. The summed E-state index contributed by atoms with van der Waals surface area (Å²) < 4.78 is 19.8. The summed E-state index contributed by atoms with van der Waals surface area (Å²) in [7, 11) is 0. The van der Waals surface area contributed by atoms with Crippen LogP contribution in [0.2, 0.25) is 0 Å². The predicted molar refractivity (Wildman–Crippen MR) is 144 cm³/mol. The van der Waals surface area contributed by atoms with E-state index in [9.17, 15) is 0 Å². The van der Waals surface area contributed by atoms with Gasteiger partial charge in [0.05, 0.1) is 11.1 Å². The van der Waals surface area contributed by atoms with Gasteiger partial charge in [0, 0.05) is 16.7 Å². The third-order valence-corrected chi connectivity index (χ3v) is 6.11. The van der Waals surface area contributed by atoms with Crippen LogP contribution in [-0.2, 0) is 13.2 Å². The average molecular weight is 583 g/mol. The maximum absolute atomic E-state index is 6.10. The SMILES string of the molecule is CCOc1cc(CNc2ccc(Oc3ccccc3)cc2)cc(Br)c1OCc1ccc(Br)cc1. The van der Waals surface area contributed by atoms with E-state index in [-0.39, 0.29) is 0 Å². The van der Waals surface area contributed by atoms with Gasteiger partial charge >= 0.3 is 0 Å². The van der Waals surface area contributed by atoms with Gasteiger partial charge < -0.3 is 19.5 Å². The lowest BCUT2D eigenvalue weighted by atomic mass is 10.2. The number of anilines is 1.